The van der Waals surface area contributed by atoms with Gasteiger partial charge in [0.05, 0.1) is 9.12 Å². The first-order chi connectivity index (χ1) is 5.45. The molecular formula is C8H10IN3. The Morgan fingerprint density at radius 2 is 2.25 bits per heavy atom. The molecule has 0 unspecified atom stereocenters. The molecule has 0 N–H and O–H groups in total. The summed E-state index contributed by atoms with van der Waals surface area (Å²) in [6, 6.07) is 0. The molecule has 0 spiro atoms. The third-order valence-electron chi connectivity index (χ3n) is 1.56. The van der Waals surface area contributed by atoms with Crippen molar-refractivity contribution in [2.45, 2.75) is 24.2 Å². The first kappa shape index (κ1) is 9.52. The van der Waals surface area contributed by atoms with E-state index < -0.39 is 0 Å². The maximum Gasteiger partial charge on any atom is 0.206 e. The van der Waals surface area contributed by atoms with E-state index in [1.165, 1.54) is 4.68 Å². The number of rotatable bonds is 1. The van der Waals surface area contributed by atoms with Crippen LogP contribution in [0.25, 0.3) is 0 Å². The summed E-state index contributed by atoms with van der Waals surface area (Å²) < 4.78 is 1.29. The number of hydrogen-bond acceptors (Lipinski definition) is 2. The molecule has 0 saturated heterocycles. The van der Waals surface area contributed by atoms with E-state index in [0.29, 0.717) is 0 Å². The van der Waals surface area contributed by atoms with Crippen molar-refractivity contribution in [1.82, 2.24) is 9.78 Å². The second-order valence-corrected chi connectivity index (χ2v) is 5.87. The quantitative estimate of drug-likeness (QED) is 0.582. The normalized spacial score (nSPS) is 11.2. The van der Waals surface area contributed by atoms with Crippen LogP contribution in [0, 0.1) is 18.4 Å². The van der Waals surface area contributed by atoms with Crippen LogP contribution in [-0.4, -0.2) is 9.78 Å². The van der Waals surface area contributed by atoms with Crippen molar-refractivity contribution >= 4 is 22.6 Å². The summed E-state index contributed by atoms with van der Waals surface area (Å²) in [6.07, 6.45) is 3.71. The Hall–Kier alpha value is -0.570. The molecule has 64 valence electrons. The van der Waals surface area contributed by atoms with Crippen LogP contribution in [0.3, 0.4) is 0 Å². The third-order valence-corrected chi connectivity index (χ3v) is 2.07. The van der Waals surface area contributed by atoms with Crippen molar-refractivity contribution in [3.8, 4) is 6.19 Å². The average Bonchev–Trinajstić information content (AvgIpc) is 2.29. The standard InChI is InChI=1S/C8H10IN3/c1-6-4-12(5-10)11-7(6)8(2,3)9/h4H,1-3H3. The van der Waals surface area contributed by atoms with Gasteiger partial charge in [0, 0.05) is 6.20 Å². The summed E-state index contributed by atoms with van der Waals surface area (Å²) in [5.74, 6) is 0. The number of aryl methyl sites for hydroxylation is 1. The Morgan fingerprint density at radius 3 is 2.50 bits per heavy atom. The Labute approximate surface area is 85.5 Å². The van der Waals surface area contributed by atoms with Gasteiger partial charge < -0.3 is 0 Å². The van der Waals surface area contributed by atoms with E-state index in [1.807, 2.05) is 13.1 Å². The van der Waals surface area contributed by atoms with Gasteiger partial charge in [-0.1, -0.05) is 22.6 Å². The fourth-order valence-corrected chi connectivity index (χ4v) is 1.63. The van der Waals surface area contributed by atoms with Crippen LogP contribution in [0.4, 0.5) is 0 Å². The smallest absolute Gasteiger partial charge is 0.174 e. The van der Waals surface area contributed by atoms with E-state index in [4.69, 9.17) is 5.26 Å². The third kappa shape index (κ3) is 1.78. The topological polar surface area (TPSA) is 41.6 Å². The van der Waals surface area contributed by atoms with Crippen molar-refractivity contribution in [2.24, 2.45) is 0 Å². The van der Waals surface area contributed by atoms with Crippen LogP contribution in [-0.2, 0) is 3.42 Å². The highest BCUT2D eigenvalue weighted by Crippen LogP contribution is 2.31. The lowest BCUT2D eigenvalue weighted by Crippen LogP contribution is -2.09. The van der Waals surface area contributed by atoms with E-state index >= 15 is 0 Å². The van der Waals surface area contributed by atoms with Crippen LogP contribution in [0.2, 0.25) is 0 Å². The summed E-state index contributed by atoms with van der Waals surface area (Å²) in [5.41, 5.74) is 2.04. The molecule has 1 aromatic rings. The minimum atomic E-state index is -0.00998. The zero-order chi connectivity index (χ0) is 9.35. The van der Waals surface area contributed by atoms with Gasteiger partial charge in [0.15, 0.2) is 0 Å². The highest BCUT2D eigenvalue weighted by molar-refractivity contribution is 14.1. The highest BCUT2D eigenvalue weighted by atomic mass is 127. The lowest BCUT2D eigenvalue weighted by molar-refractivity contribution is 0.746. The van der Waals surface area contributed by atoms with Gasteiger partial charge >= 0.3 is 0 Å². The summed E-state index contributed by atoms with van der Waals surface area (Å²) in [4.78, 5) is 0. The number of nitriles is 1. The summed E-state index contributed by atoms with van der Waals surface area (Å²) >= 11 is 2.31. The van der Waals surface area contributed by atoms with Gasteiger partial charge in [-0.15, -0.1) is 0 Å². The molecule has 12 heavy (non-hydrogen) atoms. The first-order valence-corrected chi connectivity index (χ1v) is 4.69. The molecule has 0 aliphatic rings. The van der Waals surface area contributed by atoms with Crippen LogP contribution in [0.1, 0.15) is 25.1 Å². The second-order valence-electron chi connectivity index (χ2n) is 3.18. The van der Waals surface area contributed by atoms with Crippen LogP contribution in [0.15, 0.2) is 6.20 Å². The van der Waals surface area contributed by atoms with E-state index in [9.17, 15) is 0 Å². The molecule has 1 heterocycles. The lowest BCUT2D eigenvalue weighted by atomic mass is 10.1. The van der Waals surface area contributed by atoms with Crippen molar-refractivity contribution in [2.75, 3.05) is 0 Å². The van der Waals surface area contributed by atoms with Gasteiger partial charge in [0.1, 0.15) is 0 Å². The maximum absolute atomic E-state index is 8.59. The molecule has 0 amide bonds. The molecule has 1 aromatic heterocycles. The van der Waals surface area contributed by atoms with Crippen molar-refractivity contribution in [3.63, 3.8) is 0 Å². The molecule has 0 saturated carbocycles. The zero-order valence-corrected chi connectivity index (χ0v) is 9.45. The van der Waals surface area contributed by atoms with Crippen molar-refractivity contribution in [3.05, 3.63) is 17.5 Å². The van der Waals surface area contributed by atoms with Crippen LogP contribution >= 0.6 is 22.6 Å². The molecule has 0 aromatic carbocycles. The average molecular weight is 275 g/mol. The Bertz CT molecular complexity index is 327. The Balaban J connectivity index is 3.19. The summed E-state index contributed by atoms with van der Waals surface area (Å²) in [7, 11) is 0. The van der Waals surface area contributed by atoms with Crippen LogP contribution < -0.4 is 0 Å². The Kier molecular flexibility index (Phi) is 2.42. The van der Waals surface area contributed by atoms with E-state index in [0.717, 1.165) is 11.3 Å². The van der Waals surface area contributed by atoms with Gasteiger partial charge in [-0.05, 0) is 26.3 Å². The molecule has 1 rings (SSSR count). The fourth-order valence-electron chi connectivity index (χ4n) is 1.10. The van der Waals surface area contributed by atoms with Gasteiger partial charge in [-0.3, -0.25) is 0 Å². The molecule has 0 bridgehead atoms. The van der Waals surface area contributed by atoms with Crippen LogP contribution in [0.5, 0.6) is 0 Å². The highest BCUT2D eigenvalue weighted by Gasteiger charge is 2.21. The monoisotopic (exact) mass is 275 g/mol. The summed E-state index contributed by atoms with van der Waals surface area (Å²) in [6.45, 7) is 6.12. The molecule has 0 atom stereocenters. The fraction of sp³-hybridized carbons (Fsp3) is 0.500. The molecule has 0 aliphatic carbocycles. The molecule has 0 radical (unpaired) electrons. The zero-order valence-electron chi connectivity index (χ0n) is 7.30. The molecule has 3 nitrogen and oxygen atoms in total. The SMILES string of the molecule is Cc1cn(C#N)nc1C(C)(C)I. The van der Waals surface area contributed by atoms with Crippen molar-refractivity contribution in [1.29, 1.82) is 5.26 Å². The number of nitrogens with zero attached hydrogens (tertiary/aromatic N) is 3. The molecule has 0 fully saturated rings. The van der Waals surface area contributed by atoms with Crippen molar-refractivity contribution < 1.29 is 0 Å². The number of hydrogen-bond donors (Lipinski definition) is 0. The molecule has 4 heteroatoms. The van der Waals surface area contributed by atoms with Gasteiger partial charge in [-0.2, -0.15) is 15.0 Å². The largest absolute Gasteiger partial charge is 0.206 e. The minimum Gasteiger partial charge on any atom is -0.174 e. The predicted molar refractivity (Wildman–Crippen MR) is 55.0 cm³/mol. The summed E-state index contributed by atoms with van der Waals surface area (Å²) in [5, 5.41) is 12.7. The van der Waals surface area contributed by atoms with E-state index in [-0.39, 0.29) is 3.42 Å². The van der Waals surface area contributed by atoms with Gasteiger partial charge in [0.2, 0.25) is 6.19 Å². The number of alkyl halides is 1. The minimum absolute atomic E-state index is 0.00998. The predicted octanol–water partition coefficient (Wildman–Crippen LogP) is 2.19. The first-order valence-electron chi connectivity index (χ1n) is 3.61. The lowest BCUT2D eigenvalue weighted by Gasteiger charge is -2.13. The Morgan fingerprint density at radius 1 is 1.67 bits per heavy atom. The van der Waals surface area contributed by atoms with Gasteiger partial charge in [0.25, 0.3) is 0 Å². The van der Waals surface area contributed by atoms with E-state index in [2.05, 4.69) is 41.5 Å². The number of aromatic nitrogens is 2. The molecular weight excluding hydrogens is 265 g/mol. The second kappa shape index (κ2) is 3.05. The van der Waals surface area contributed by atoms with E-state index in [1.54, 1.807) is 6.20 Å². The molecule has 0 aliphatic heterocycles. The number of halogens is 1. The maximum atomic E-state index is 8.59. The van der Waals surface area contributed by atoms with Gasteiger partial charge in [-0.25, -0.2) is 0 Å².